The van der Waals surface area contributed by atoms with E-state index in [1.807, 2.05) is 33.8 Å². The van der Waals surface area contributed by atoms with Crippen LogP contribution in [0.15, 0.2) is 46.3 Å². The van der Waals surface area contributed by atoms with Gasteiger partial charge in [0.25, 0.3) is 5.56 Å². The van der Waals surface area contributed by atoms with Gasteiger partial charge in [-0.2, -0.15) is 18.2 Å². The number of carbonyl (C=O) groups is 3. The van der Waals surface area contributed by atoms with Crippen molar-refractivity contribution >= 4 is 45.4 Å². The zero-order chi connectivity index (χ0) is 37.3. The number of hydrogen-bond acceptors (Lipinski definition) is 12. The van der Waals surface area contributed by atoms with Gasteiger partial charge in [0.2, 0.25) is 17.5 Å². The number of ketones is 2. The first-order valence-electron chi connectivity index (χ1n) is 17.5. The molecule has 3 aromatic heterocycles. The second-order valence-electron chi connectivity index (χ2n) is 13.4. The molecule has 0 aromatic carbocycles. The van der Waals surface area contributed by atoms with Crippen LogP contribution in [0.3, 0.4) is 0 Å². The molecule has 3 saturated heterocycles. The van der Waals surface area contributed by atoms with Gasteiger partial charge >= 0.3 is 12.1 Å². The third-order valence-corrected chi connectivity index (χ3v) is 9.32. The summed E-state index contributed by atoms with van der Waals surface area (Å²) in [7, 11) is 0. The van der Waals surface area contributed by atoms with Crippen molar-refractivity contribution in [2.45, 2.75) is 70.7 Å². The zero-order valence-corrected chi connectivity index (χ0v) is 28.9. The van der Waals surface area contributed by atoms with Crippen LogP contribution < -0.4 is 10.9 Å². The molecule has 0 radical (unpaired) electrons. The highest BCUT2D eigenvalue weighted by Crippen LogP contribution is 2.34. The summed E-state index contributed by atoms with van der Waals surface area (Å²) in [6, 6.07) is 3.86. The Morgan fingerprint density at radius 1 is 0.923 bits per heavy atom. The van der Waals surface area contributed by atoms with Crippen LogP contribution in [0.4, 0.5) is 19.1 Å². The van der Waals surface area contributed by atoms with E-state index in [4.69, 9.17) is 14.9 Å². The SMILES string of the molecule is CCCCNc1ncc2c3ccc(C)nc3c(=O)n(C3CCC(O)CC3)c2n1.O=C(O)C(F)(F)F.O=C1C=C(N2CC2)C(=O)C(N2CC2)=C1N1CC1. The number of hydrogen-bond donors (Lipinski definition) is 3. The van der Waals surface area contributed by atoms with Gasteiger partial charge < -0.3 is 30.2 Å². The Balaban J connectivity index is 0.000000163. The number of nitrogens with one attached hydrogen (secondary N) is 1. The molecular weight excluding hydrogens is 685 g/mol. The van der Waals surface area contributed by atoms with Crippen molar-refractivity contribution in [3.63, 3.8) is 0 Å². The molecule has 0 bridgehead atoms. The molecule has 2 aliphatic carbocycles. The number of halogens is 3. The topological polar surface area (TPSA) is 173 Å². The van der Waals surface area contributed by atoms with Crippen LogP contribution in [-0.2, 0) is 14.4 Å². The van der Waals surface area contributed by atoms with Crippen LogP contribution in [0.5, 0.6) is 0 Å². The number of aliphatic carboxylic acids is 1. The van der Waals surface area contributed by atoms with Crippen LogP contribution in [-0.4, -0.2) is 120 Å². The Morgan fingerprint density at radius 3 is 2.12 bits per heavy atom. The van der Waals surface area contributed by atoms with Gasteiger partial charge in [-0.15, -0.1) is 0 Å². The van der Waals surface area contributed by atoms with E-state index in [9.17, 15) is 32.7 Å². The smallest absolute Gasteiger partial charge is 0.475 e. The van der Waals surface area contributed by atoms with Gasteiger partial charge in [0.15, 0.2) is 0 Å². The molecule has 0 unspecified atom stereocenters. The largest absolute Gasteiger partial charge is 0.490 e. The van der Waals surface area contributed by atoms with Gasteiger partial charge in [-0.05, 0) is 45.1 Å². The van der Waals surface area contributed by atoms with E-state index in [0.29, 0.717) is 47.0 Å². The fraction of sp³-hybridized carbons (Fsp3) is 0.514. The summed E-state index contributed by atoms with van der Waals surface area (Å²) in [5.74, 6) is -2.16. The number of aryl methyl sites for hydroxylation is 1. The number of nitrogens with zero attached hydrogens (tertiary/aromatic N) is 7. The van der Waals surface area contributed by atoms with Crippen LogP contribution in [0.25, 0.3) is 21.9 Å². The highest BCUT2D eigenvalue weighted by molar-refractivity contribution is 6.22. The third kappa shape index (κ3) is 8.19. The number of carboxylic acid groups (broad SMARTS) is 1. The number of unbranched alkanes of at least 4 members (excludes halogenated alkanes) is 1. The second-order valence-corrected chi connectivity index (χ2v) is 13.4. The molecule has 1 saturated carbocycles. The quantitative estimate of drug-likeness (QED) is 0.134. The molecule has 3 N–H and O–H groups in total. The summed E-state index contributed by atoms with van der Waals surface area (Å²) in [5, 5.41) is 21.9. The first-order valence-corrected chi connectivity index (χ1v) is 17.5. The second kappa shape index (κ2) is 14.9. The van der Waals surface area contributed by atoms with Crippen molar-refractivity contribution in [2.75, 3.05) is 51.1 Å². The van der Waals surface area contributed by atoms with Crippen molar-refractivity contribution in [1.29, 1.82) is 0 Å². The number of aliphatic hydroxyl groups excluding tert-OH is 1. The van der Waals surface area contributed by atoms with Gasteiger partial charge in [0.1, 0.15) is 22.6 Å². The number of anilines is 1. The van der Waals surface area contributed by atoms with Crippen LogP contribution >= 0.6 is 0 Å². The molecule has 0 amide bonds. The lowest BCUT2D eigenvalue weighted by Gasteiger charge is -2.28. The average Bonchev–Trinajstić information content (AvgIpc) is 3.94. The van der Waals surface area contributed by atoms with E-state index in [-0.39, 0.29) is 29.3 Å². The lowest BCUT2D eigenvalue weighted by Crippen LogP contribution is -2.31. The molecule has 14 nitrogen and oxygen atoms in total. The van der Waals surface area contributed by atoms with Crippen molar-refractivity contribution in [2.24, 2.45) is 0 Å². The molecule has 278 valence electrons. The molecule has 52 heavy (non-hydrogen) atoms. The van der Waals surface area contributed by atoms with E-state index in [1.165, 1.54) is 6.08 Å². The van der Waals surface area contributed by atoms with Crippen LogP contribution in [0.1, 0.15) is 57.2 Å². The Labute approximate surface area is 296 Å². The van der Waals surface area contributed by atoms with E-state index in [1.54, 1.807) is 10.8 Å². The maximum absolute atomic E-state index is 13.4. The molecule has 4 fully saturated rings. The first kappa shape index (κ1) is 36.7. The first-order chi connectivity index (χ1) is 24.8. The highest BCUT2D eigenvalue weighted by Gasteiger charge is 2.43. The zero-order valence-electron chi connectivity index (χ0n) is 28.9. The predicted octanol–water partition coefficient (Wildman–Crippen LogP) is 3.15. The molecule has 3 aliphatic heterocycles. The number of aromatic nitrogens is 4. The van der Waals surface area contributed by atoms with Crippen molar-refractivity contribution in [1.82, 2.24) is 34.2 Å². The number of aliphatic hydroxyl groups is 1. The number of alkyl halides is 3. The molecule has 0 spiro atoms. The number of fused-ring (bicyclic) bond motifs is 3. The van der Waals surface area contributed by atoms with Crippen LogP contribution in [0.2, 0.25) is 0 Å². The molecule has 0 atom stereocenters. The lowest BCUT2D eigenvalue weighted by molar-refractivity contribution is -0.192. The fourth-order valence-corrected chi connectivity index (χ4v) is 6.29. The van der Waals surface area contributed by atoms with E-state index >= 15 is 0 Å². The summed E-state index contributed by atoms with van der Waals surface area (Å²) in [6.45, 7) is 10.2. The third-order valence-electron chi connectivity index (χ3n) is 9.32. The number of rotatable bonds is 8. The van der Waals surface area contributed by atoms with E-state index < -0.39 is 12.1 Å². The van der Waals surface area contributed by atoms with Crippen LogP contribution in [0, 0.1) is 6.92 Å². The number of Topliss-reactive ketones (excluding diaryl/α,β-unsaturated/α-hetero) is 1. The summed E-state index contributed by atoms with van der Waals surface area (Å²) in [6.07, 6.45) is 3.00. The van der Waals surface area contributed by atoms with Gasteiger partial charge in [0.05, 0.1) is 11.8 Å². The maximum atomic E-state index is 13.4. The number of carboxylic acids is 1. The van der Waals surface area contributed by atoms with Gasteiger partial charge in [-0.25, -0.2) is 14.8 Å². The predicted molar refractivity (Wildman–Crippen MR) is 184 cm³/mol. The summed E-state index contributed by atoms with van der Waals surface area (Å²) in [5.41, 5.74) is 3.71. The summed E-state index contributed by atoms with van der Waals surface area (Å²) < 4.78 is 33.5. The highest BCUT2D eigenvalue weighted by atomic mass is 19.4. The van der Waals surface area contributed by atoms with Gasteiger partial charge in [-0.1, -0.05) is 19.4 Å². The molecule has 17 heteroatoms. The molecule has 5 aliphatic rings. The monoisotopic (exact) mass is 726 g/mol. The van der Waals surface area contributed by atoms with E-state index in [0.717, 1.165) is 88.0 Å². The summed E-state index contributed by atoms with van der Waals surface area (Å²) >= 11 is 0. The van der Waals surface area contributed by atoms with Gasteiger partial charge in [0, 0.05) is 80.6 Å². The maximum Gasteiger partial charge on any atom is 0.490 e. The number of allylic oxidation sites excluding steroid dienone is 1. The number of pyridine rings is 2. The Kier molecular flexibility index (Phi) is 10.5. The lowest BCUT2D eigenvalue weighted by atomic mass is 9.92. The van der Waals surface area contributed by atoms with Crippen molar-refractivity contribution in [3.05, 3.63) is 57.5 Å². The molecule has 6 heterocycles. The summed E-state index contributed by atoms with van der Waals surface area (Å²) in [4.78, 5) is 66.5. The Morgan fingerprint density at radius 2 is 1.54 bits per heavy atom. The molecule has 8 rings (SSSR count). The Bertz CT molecular complexity index is 2010. The average molecular weight is 727 g/mol. The molecule has 3 aromatic rings. The van der Waals surface area contributed by atoms with Crippen molar-refractivity contribution < 1.29 is 37.8 Å². The number of carbonyl (C=O) groups excluding carboxylic acids is 2. The Hall–Kier alpha value is -5.06. The standard InChI is InChI=1S/C21H27N5O2.C12H13N3O2.C2HF3O2/c1-3-4-11-22-21-23-12-17-16-10-5-13(2)24-18(16)20(28)26(19(17)25-21)14-6-8-15(27)9-7-14;16-9-7-8(13-1-2-13)12(17)11(15-5-6-15)10(9)14-3-4-14;3-2(4,5)1(6)7/h5,10,12,14-15,27H,3-4,6-9,11H2,1-2H3,(H,22,23,25);7H,1-6H2;(H,6,7). The van der Waals surface area contributed by atoms with E-state index in [2.05, 4.69) is 22.2 Å². The fourth-order valence-electron chi connectivity index (χ4n) is 6.29. The van der Waals surface area contributed by atoms with Crippen molar-refractivity contribution in [3.8, 4) is 0 Å². The minimum Gasteiger partial charge on any atom is -0.475 e. The minimum atomic E-state index is -5.08. The normalized spacial score (nSPS) is 21.0. The molecular formula is C35H41F3N8O6. The van der Waals surface area contributed by atoms with Gasteiger partial charge in [-0.3, -0.25) is 19.0 Å². The minimum absolute atomic E-state index is 0.00546.